The van der Waals surface area contributed by atoms with E-state index in [1.165, 1.54) is 12.1 Å². The number of benzene rings is 1. The van der Waals surface area contributed by atoms with Gasteiger partial charge in [0.25, 0.3) is 5.91 Å². The molecule has 0 saturated carbocycles. The second kappa shape index (κ2) is 4.81. The van der Waals surface area contributed by atoms with E-state index in [0.29, 0.717) is 6.42 Å². The lowest BCUT2D eigenvalue weighted by atomic mass is 9.94. The lowest BCUT2D eigenvalue weighted by molar-refractivity contribution is -0.135. The summed E-state index contributed by atoms with van der Waals surface area (Å²) in [5.74, 6) is -1.34. The average molecular weight is 285 g/mol. The van der Waals surface area contributed by atoms with Crippen LogP contribution in [0.15, 0.2) is 18.2 Å². The quantitative estimate of drug-likeness (QED) is 0.904. The molecule has 1 saturated heterocycles. The normalized spacial score (nSPS) is 23.5. The van der Waals surface area contributed by atoms with E-state index < -0.39 is 11.4 Å². The highest BCUT2D eigenvalue weighted by atomic mass is 35.5. The van der Waals surface area contributed by atoms with Crippen molar-refractivity contribution in [3.63, 3.8) is 0 Å². The molecule has 1 heterocycles. The van der Waals surface area contributed by atoms with Gasteiger partial charge in [0.2, 0.25) is 5.91 Å². The summed E-state index contributed by atoms with van der Waals surface area (Å²) in [6.07, 6.45) is 0.427. The summed E-state index contributed by atoms with van der Waals surface area (Å²) in [7, 11) is 0. The Bertz CT molecular complexity index is 549. The molecule has 0 aromatic heterocycles. The number of anilines is 1. The van der Waals surface area contributed by atoms with Gasteiger partial charge in [-0.2, -0.15) is 0 Å². The molecular weight excluding hydrogens is 271 g/mol. The van der Waals surface area contributed by atoms with Crippen molar-refractivity contribution in [2.75, 3.05) is 11.4 Å². The summed E-state index contributed by atoms with van der Waals surface area (Å²) >= 11 is 5.71. The van der Waals surface area contributed by atoms with Crippen LogP contribution in [0.1, 0.15) is 20.3 Å². The van der Waals surface area contributed by atoms with Crippen LogP contribution in [0.5, 0.6) is 0 Å². The summed E-state index contributed by atoms with van der Waals surface area (Å²) in [5.41, 5.74) is -0.976. The second-order valence-electron chi connectivity index (χ2n) is 4.70. The van der Waals surface area contributed by atoms with E-state index in [1.54, 1.807) is 19.9 Å². The Balaban J connectivity index is 2.46. The van der Waals surface area contributed by atoms with E-state index in [9.17, 15) is 14.0 Å². The van der Waals surface area contributed by atoms with Gasteiger partial charge in [0.1, 0.15) is 12.1 Å². The van der Waals surface area contributed by atoms with Crippen LogP contribution < -0.4 is 10.2 Å². The van der Waals surface area contributed by atoms with Gasteiger partial charge < -0.3 is 5.32 Å². The van der Waals surface area contributed by atoms with Crippen LogP contribution >= 0.6 is 11.6 Å². The second-order valence-corrected chi connectivity index (χ2v) is 5.11. The highest BCUT2D eigenvalue weighted by molar-refractivity contribution is 6.31. The predicted molar refractivity (Wildman–Crippen MR) is 70.6 cm³/mol. The van der Waals surface area contributed by atoms with Crippen molar-refractivity contribution < 1.29 is 14.0 Å². The van der Waals surface area contributed by atoms with Crippen LogP contribution in [0.25, 0.3) is 0 Å². The number of carbonyl (C=O) groups is 2. The summed E-state index contributed by atoms with van der Waals surface area (Å²) in [6, 6.07) is 4.38. The Morgan fingerprint density at radius 1 is 1.47 bits per heavy atom. The molecule has 1 aromatic rings. The third kappa shape index (κ3) is 2.30. The van der Waals surface area contributed by atoms with Crippen LogP contribution in [-0.2, 0) is 9.59 Å². The van der Waals surface area contributed by atoms with Gasteiger partial charge in [0.05, 0.1) is 10.7 Å². The Morgan fingerprint density at radius 3 is 2.79 bits per heavy atom. The van der Waals surface area contributed by atoms with Crippen molar-refractivity contribution in [1.82, 2.24) is 5.32 Å². The number of hydrogen-bond acceptors (Lipinski definition) is 2. The molecule has 1 atom stereocenters. The molecule has 6 heteroatoms. The van der Waals surface area contributed by atoms with Gasteiger partial charge >= 0.3 is 0 Å². The molecule has 0 bridgehead atoms. The van der Waals surface area contributed by atoms with Gasteiger partial charge in [0.15, 0.2) is 5.82 Å². The number of rotatable bonds is 2. The first kappa shape index (κ1) is 13.8. The number of carbonyl (C=O) groups excluding carboxylic acids is 2. The number of hydrogen-bond donors (Lipinski definition) is 1. The fourth-order valence-electron chi connectivity index (χ4n) is 2.05. The number of nitrogens with zero attached hydrogens (tertiary/aromatic N) is 1. The van der Waals surface area contributed by atoms with E-state index in [2.05, 4.69) is 5.32 Å². The maximum absolute atomic E-state index is 14.0. The highest BCUT2D eigenvalue weighted by Crippen LogP contribution is 2.29. The van der Waals surface area contributed by atoms with E-state index in [0.717, 1.165) is 4.90 Å². The molecule has 0 radical (unpaired) electrons. The van der Waals surface area contributed by atoms with Crippen LogP contribution in [0, 0.1) is 5.82 Å². The lowest BCUT2D eigenvalue weighted by Gasteiger charge is -2.39. The molecule has 4 nitrogen and oxygen atoms in total. The van der Waals surface area contributed by atoms with Crippen molar-refractivity contribution in [2.45, 2.75) is 25.8 Å². The van der Waals surface area contributed by atoms with Gasteiger partial charge in [-0.1, -0.05) is 24.6 Å². The molecule has 0 spiro atoms. The molecular formula is C13H14ClFN2O2. The number of halogens is 2. The monoisotopic (exact) mass is 284 g/mol. The number of nitrogens with one attached hydrogen (secondary N) is 1. The molecule has 1 fully saturated rings. The van der Waals surface area contributed by atoms with E-state index in [1.807, 2.05) is 0 Å². The van der Waals surface area contributed by atoms with E-state index >= 15 is 0 Å². The van der Waals surface area contributed by atoms with Gasteiger partial charge in [0, 0.05) is 0 Å². The molecule has 1 aliphatic heterocycles. The van der Waals surface area contributed by atoms with Crippen LogP contribution in [0.3, 0.4) is 0 Å². The lowest BCUT2D eigenvalue weighted by Crippen LogP contribution is -2.65. The van der Waals surface area contributed by atoms with Crippen LogP contribution in [0.4, 0.5) is 10.1 Å². The third-order valence-corrected chi connectivity index (χ3v) is 3.66. The molecule has 1 N–H and O–H groups in total. The van der Waals surface area contributed by atoms with Crippen LogP contribution in [-0.4, -0.2) is 23.9 Å². The molecule has 1 unspecified atom stereocenters. The summed E-state index contributed by atoms with van der Waals surface area (Å²) in [5, 5.41) is 2.57. The molecule has 0 aliphatic carbocycles. The SMILES string of the molecule is CCC1(C)NC(=O)CN(c2cccc(Cl)c2F)C1=O. The fourth-order valence-corrected chi connectivity index (χ4v) is 2.22. The Labute approximate surface area is 115 Å². The molecule has 1 aliphatic rings. The molecule has 1 aromatic carbocycles. The van der Waals surface area contributed by atoms with Gasteiger partial charge in [-0.3, -0.25) is 14.5 Å². The van der Waals surface area contributed by atoms with Crippen LogP contribution in [0.2, 0.25) is 5.02 Å². The first-order valence-corrected chi connectivity index (χ1v) is 6.34. The van der Waals surface area contributed by atoms with Gasteiger partial charge in [-0.15, -0.1) is 0 Å². The first-order valence-electron chi connectivity index (χ1n) is 5.96. The smallest absolute Gasteiger partial charge is 0.253 e. The third-order valence-electron chi connectivity index (χ3n) is 3.36. The summed E-state index contributed by atoms with van der Waals surface area (Å²) < 4.78 is 14.0. The maximum atomic E-state index is 14.0. The predicted octanol–water partition coefficient (Wildman–Crippen LogP) is 2.11. The first-order chi connectivity index (χ1) is 8.89. The standard InChI is InChI=1S/C13H14ClFN2O2/c1-3-13(2)12(19)17(7-10(18)16-13)9-6-4-5-8(14)11(9)15/h4-6H,3,7H2,1-2H3,(H,16,18). The highest BCUT2D eigenvalue weighted by Gasteiger charge is 2.42. The largest absolute Gasteiger partial charge is 0.340 e. The Morgan fingerprint density at radius 2 is 2.16 bits per heavy atom. The zero-order chi connectivity index (χ0) is 14.2. The summed E-state index contributed by atoms with van der Waals surface area (Å²) in [4.78, 5) is 25.2. The average Bonchev–Trinajstić information content (AvgIpc) is 2.37. The van der Waals surface area contributed by atoms with Gasteiger partial charge in [-0.25, -0.2) is 4.39 Å². The maximum Gasteiger partial charge on any atom is 0.253 e. The zero-order valence-electron chi connectivity index (χ0n) is 10.7. The zero-order valence-corrected chi connectivity index (χ0v) is 11.4. The minimum Gasteiger partial charge on any atom is -0.340 e. The molecule has 19 heavy (non-hydrogen) atoms. The topological polar surface area (TPSA) is 49.4 Å². The van der Waals surface area contributed by atoms with E-state index in [4.69, 9.17) is 11.6 Å². The minimum absolute atomic E-state index is 0.0343. The van der Waals surface area contributed by atoms with Gasteiger partial charge in [-0.05, 0) is 25.5 Å². The molecule has 102 valence electrons. The molecule has 2 amide bonds. The minimum atomic E-state index is -1.01. The van der Waals surface area contributed by atoms with Crippen molar-refractivity contribution in [3.8, 4) is 0 Å². The number of piperazine rings is 1. The fraction of sp³-hybridized carbons (Fsp3) is 0.385. The van der Waals surface area contributed by atoms with Crippen molar-refractivity contribution >= 4 is 29.1 Å². The Hall–Kier alpha value is -1.62. The number of amides is 2. The van der Waals surface area contributed by atoms with E-state index in [-0.39, 0.29) is 29.1 Å². The summed E-state index contributed by atoms with van der Waals surface area (Å²) in [6.45, 7) is 3.21. The Kier molecular flexibility index (Phi) is 3.49. The van der Waals surface area contributed by atoms with Crippen molar-refractivity contribution in [3.05, 3.63) is 29.0 Å². The van der Waals surface area contributed by atoms with Crippen molar-refractivity contribution in [2.24, 2.45) is 0 Å². The van der Waals surface area contributed by atoms with Crippen molar-refractivity contribution in [1.29, 1.82) is 0 Å². The molecule has 2 rings (SSSR count).